The second-order valence-electron chi connectivity index (χ2n) is 6.99. The van der Waals surface area contributed by atoms with Gasteiger partial charge in [-0.2, -0.15) is 4.98 Å². The standard InChI is InChI=1S/C17H19N7O2/c1-10(2)22-8-14(18-9-22)19-15-12-4-3-5-24(12)21-17(20-15)23-7-11-6-13(23)16(25)26-11/h3-5,8-11,13H,6-7H2,1-2H3,(H,19,20,21)/t11-,13?/m0/s1. The molecule has 134 valence electrons. The molecule has 26 heavy (non-hydrogen) atoms. The Hall–Kier alpha value is -3.10. The van der Waals surface area contributed by atoms with Crippen LogP contribution in [-0.2, 0) is 9.53 Å². The molecule has 2 saturated heterocycles. The Balaban J connectivity index is 1.52. The van der Waals surface area contributed by atoms with E-state index in [1.165, 1.54) is 0 Å². The number of morpholine rings is 1. The van der Waals surface area contributed by atoms with E-state index in [-0.39, 0.29) is 18.1 Å². The summed E-state index contributed by atoms with van der Waals surface area (Å²) in [5.41, 5.74) is 0.847. The number of hydrogen-bond donors (Lipinski definition) is 1. The molecule has 2 bridgehead atoms. The molecule has 9 nitrogen and oxygen atoms in total. The number of rotatable bonds is 4. The molecule has 3 aromatic rings. The maximum absolute atomic E-state index is 11.9. The zero-order valence-electron chi connectivity index (χ0n) is 14.5. The summed E-state index contributed by atoms with van der Waals surface area (Å²) in [6.45, 7) is 4.83. The fraction of sp³-hybridized carbons (Fsp3) is 0.412. The summed E-state index contributed by atoms with van der Waals surface area (Å²) in [5, 5.41) is 7.84. The van der Waals surface area contributed by atoms with Crippen LogP contribution >= 0.6 is 0 Å². The van der Waals surface area contributed by atoms with Crippen molar-refractivity contribution in [2.24, 2.45) is 0 Å². The maximum Gasteiger partial charge on any atom is 0.329 e. The van der Waals surface area contributed by atoms with Crippen LogP contribution in [0.5, 0.6) is 0 Å². The van der Waals surface area contributed by atoms with Crippen molar-refractivity contribution in [2.75, 3.05) is 16.8 Å². The van der Waals surface area contributed by atoms with E-state index in [0.717, 1.165) is 5.52 Å². The van der Waals surface area contributed by atoms with Crippen LogP contribution in [0.15, 0.2) is 30.9 Å². The molecule has 1 N–H and O–H groups in total. The molecule has 9 heteroatoms. The van der Waals surface area contributed by atoms with Gasteiger partial charge in [0.25, 0.3) is 0 Å². The second-order valence-corrected chi connectivity index (χ2v) is 6.99. The highest BCUT2D eigenvalue weighted by Gasteiger charge is 2.47. The van der Waals surface area contributed by atoms with E-state index in [9.17, 15) is 4.79 Å². The SMILES string of the molecule is CC(C)n1cnc(Nc2nc(N3C[C@@H]4CC3C(=O)O4)nn3cccc23)c1. The molecule has 0 spiro atoms. The van der Waals surface area contributed by atoms with E-state index in [1.807, 2.05) is 34.0 Å². The van der Waals surface area contributed by atoms with Gasteiger partial charge >= 0.3 is 5.97 Å². The summed E-state index contributed by atoms with van der Waals surface area (Å²) in [5.74, 6) is 1.70. The summed E-state index contributed by atoms with van der Waals surface area (Å²) < 4.78 is 9.05. The first-order valence-corrected chi connectivity index (χ1v) is 8.71. The van der Waals surface area contributed by atoms with Gasteiger partial charge in [0.2, 0.25) is 5.95 Å². The van der Waals surface area contributed by atoms with Gasteiger partial charge in [0.05, 0.1) is 12.9 Å². The number of imidazole rings is 1. The Bertz CT molecular complexity index is 992. The minimum atomic E-state index is -0.291. The fourth-order valence-electron chi connectivity index (χ4n) is 3.51. The van der Waals surface area contributed by atoms with Gasteiger partial charge in [-0.3, -0.25) is 0 Å². The third kappa shape index (κ3) is 2.31. The highest BCUT2D eigenvalue weighted by molar-refractivity contribution is 5.83. The lowest BCUT2D eigenvalue weighted by atomic mass is 10.2. The summed E-state index contributed by atoms with van der Waals surface area (Å²) in [4.78, 5) is 22.9. The smallest absolute Gasteiger partial charge is 0.329 e. The van der Waals surface area contributed by atoms with Crippen molar-refractivity contribution in [3.8, 4) is 0 Å². The van der Waals surface area contributed by atoms with Crippen LogP contribution in [0.3, 0.4) is 0 Å². The average molecular weight is 353 g/mol. The lowest BCUT2D eigenvalue weighted by molar-refractivity contribution is -0.144. The van der Waals surface area contributed by atoms with Crippen molar-refractivity contribution in [3.05, 3.63) is 30.9 Å². The van der Waals surface area contributed by atoms with Crippen LogP contribution in [0.4, 0.5) is 17.6 Å². The molecule has 2 atom stereocenters. The van der Waals surface area contributed by atoms with Gasteiger partial charge in [0.1, 0.15) is 23.5 Å². The first-order chi connectivity index (χ1) is 12.6. The topological polar surface area (TPSA) is 89.6 Å². The predicted octanol–water partition coefficient (Wildman–Crippen LogP) is 1.75. The molecule has 2 fully saturated rings. The van der Waals surface area contributed by atoms with Crippen LogP contribution < -0.4 is 10.2 Å². The van der Waals surface area contributed by atoms with Crippen LogP contribution in [0.1, 0.15) is 26.3 Å². The van der Waals surface area contributed by atoms with Crippen LogP contribution in [0.25, 0.3) is 5.52 Å². The molecule has 5 rings (SSSR count). The molecule has 0 amide bonds. The van der Waals surface area contributed by atoms with Crippen molar-refractivity contribution in [3.63, 3.8) is 0 Å². The van der Waals surface area contributed by atoms with E-state index in [2.05, 4.69) is 34.2 Å². The Kier molecular flexibility index (Phi) is 3.18. The number of nitrogens with zero attached hydrogens (tertiary/aromatic N) is 6. The van der Waals surface area contributed by atoms with Crippen LogP contribution in [0.2, 0.25) is 0 Å². The van der Waals surface area contributed by atoms with E-state index in [1.54, 1.807) is 10.8 Å². The molecule has 5 heterocycles. The Labute approximate surface area is 149 Å². The van der Waals surface area contributed by atoms with Gasteiger partial charge in [0, 0.05) is 24.9 Å². The van der Waals surface area contributed by atoms with Crippen LogP contribution in [-0.4, -0.2) is 48.8 Å². The number of ether oxygens (including phenoxy) is 1. The van der Waals surface area contributed by atoms with E-state index >= 15 is 0 Å². The van der Waals surface area contributed by atoms with Crippen molar-refractivity contribution in [1.82, 2.24) is 24.1 Å². The largest absolute Gasteiger partial charge is 0.459 e. The fourth-order valence-corrected chi connectivity index (χ4v) is 3.51. The highest BCUT2D eigenvalue weighted by Crippen LogP contribution is 2.32. The zero-order valence-corrected chi connectivity index (χ0v) is 14.5. The molecule has 3 aromatic heterocycles. The van der Waals surface area contributed by atoms with Crippen molar-refractivity contribution in [1.29, 1.82) is 0 Å². The van der Waals surface area contributed by atoms with E-state index < -0.39 is 0 Å². The summed E-state index contributed by atoms with van der Waals surface area (Å²) >= 11 is 0. The number of anilines is 3. The molecule has 2 aliphatic heterocycles. The second kappa shape index (κ2) is 5.45. The molecule has 0 aliphatic carbocycles. The monoisotopic (exact) mass is 353 g/mol. The highest BCUT2D eigenvalue weighted by atomic mass is 16.6. The summed E-state index contributed by atoms with van der Waals surface area (Å²) in [7, 11) is 0. The summed E-state index contributed by atoms with van der Waals surface area (Å²) in [6.07, 6.45) is 6.24. The third-order valence-corrected chi connectivity index (χ3v) is 4.90. The van der Waals surface area contributed by atoms with Gasteiger partial charge < -0.3 is 19.5 Å². The average Bonchev–Trinajstić information content (AvgIpc) is 3.37. The quantitative estimate of drug-likeness (QED) is 0.715. The Morgan fingerprint density at radius 3 is 3.00 bits per heavy atom. The summed E-state index contributed by atoms with van der Waals surface area (Å²) in [6, 6.07) is 3.89. The van der Waals surface area contributed by atoms with Gasteiger partial charge in [-0.05, 0) is 26.0 Å². The normalized spacial score (nSPS) is 21.8. The number of aromatic nitrogens is 5. The minimum absolute atomic E-state index is 0.0605. The van der Waals surface area contributed by atoms with Crippen molar-refractivity contribution in [2.45, 2.75) is 38.5 Å². The number of nitrogens with one attached hydrogen (secondary N) is 1. The maximum atomic E-state index is 11.9. The number of esters is 1. The van der Waals surface area contributed by atoms with E-state index in [0.29, 0.717) is 36.6 Å². The molecule has 2 aliphatic rings. The van der Waals surface area contributed by atoms with Gasteiger partial charge in [-0.25, -0.2) is 14.3 Å². The van der Waals surface area contributed by atoms with Crippen molar-refractivity contribution < 1.29 is 9.53 Å². The minimum Gasteiger partial charge on any atom is -0.459 e. The lowest BCUT2D eigenvalue weighted by Gasteiger charge is -2.25. The first-order valence-electron chi connectivity index (χ1n) is 8.71. The molecule has 0 radical (unpaired) electrons. The third-order valence-electron chi connectivity index (χ3n) is 4.90. The first kappa shape index (κ1) is 15.2. The Morgan fingerprint density at radius 2 is 2.27 bits per heavy atom. The molecule has 0 saturated carbocycles. The Morgan fingerprint density at radius 1 is 1.38 bits per heavy atom. The van der Waals surface area contributed by atoms with E-state index in [4.69, 9.17) is 4.74 Å². The molecular weight excluding hydrogens is 334 g/mol. The van der Waals surface area contributed by atoms with Gasteiger partial charge in [-0.1, -0.05) is 0 Å². The van der Waals surface area contributed by atoms with Crippen molar-refractivity contribution >= 4 is 29.1 Å². The molecule has 1 unspecified atom stereocenters. The van der Waals surface area contributed by atoms with Gasteiger partial charge in [0.15, 0.2) is 5.82 Å². The zero-order chi connectivity index (χ0) is 17.8. The number of carbonyl (C=O) groups is 1. The number of carbonyl (C=O) groups excluding carboxylic acids is 1. The van der Waals surface area contributed by atoms with Gasteiger partial charge in [-0.15, -0.1) is 5.10 Å². The molecular formula is C17H19N7O2. The number of hydrogen-bond acceptors (Lipinski definition) is 7. The lowest BCUT2D eigenvalue weighted by Crippen LogP contribution is -2.41. The molecule has 0 aromatic carbocycles. The number of fused-ring (bicyclic) bond motifs is 3. The van der Waals surface area contributed by atoms with Crippen LogP contribution in [0, 0.1) is 0 Å². The predicted molar refractivity (Wildman–Crippen MR) is 94.5 cm³/mol.